The number of methoxy groups -OCH3 is 1. The largest absolute Gasteiger partial charge is 0.497 e. The van der Waals surface area contributed by atoms with E-state index in [9.17, 15) is 4.79 Å². The van der Waals surface area contributed by atoms with E-state index in [1.165, 1.54) is 22.3 Å². The Kier molecular flexibility index (Phi) is 4.17. The van der Waals surface area contributed by atoms with Crippen molar-refractivity contribution < 1.29 is 4.74 Å². The van der Waals surface area contributed by atoms with Gasteiger partial charge < -0.3 is 4.74 Å². The molecular formula is C18H13N3O2S2. The predicted molar refractivity (Wildman–Crippen MR) is 103 cm³/mol. The quantitative estimate of drug-likeness (QED) is 0.511. The van der Waals surface area contributed by atoms with Gasteiger partial charge >= 0.3 is 0 Å². The van der Waals surface area contributed by atoms with Crippen molar-refractivity contribution in [3.63, 3.8) is 0 Å². The van der Waals surface area contributed by atoms with E-state index >= 15 is 0 Å². The Hall–Kier alpha value is -2.77. The first-order chi connectivity index (χ1) is 12.3. The first-order valence-electron chi connectivity index (χ1n) is 7.47. The van der Waals surface area contributed by atoms with E-state index < -0.39 is 0 Å². The van der Waals surface area contributed by atoms with Crippen LogP contribution < -0.4 is 10.3 Å². The number of nitrogens with zero attached hydrogens (tertiary/aromatic N) is 3. The highest BCUT2D eigenvalue weighted by atomic mass is 32.1. The predicted octanol–water partition coefficient (Wildman–Crippen LogP) is 4.08. The molecule has 0 saturated carbocycles. The molecule has 0 atom stereocenters. The molecule has 0 N–H and O–H groups in total. The van der Waals surface area contributed by atoms with Crippen molar-refractivity contribution in [2.75, 3.05) is 7.11 Å². The SMILES string of the molecule is COc1ccc(/C=N\n2cnc3scc(-c4cccs4)c3c2=O)cc1. The van der Waals surface area contributed by atoms with Crippen LogP contribution in [-0.4, -0.2) is 23.0 Å². The number of aromatic nitrogens is 2. The molecule has 3 aromatic heterocycles. The molecule has 0 amide bonds. The van der Waals surface area contributed by atoms with Gasteiger partial charge in [0.1, 0.15) is 16.9 Å². The smallest absolute Gasteiger partial charge is 0.283 e. The zero-order chi connectivity index (χ0) is 17.2. The first-order valence-corrected chi connectivity index (χ1v) is 9.23. The molecule has 0 aliphatic heterocycles. The molecule has 4 aromatic rings. The van der Waals surface area contributed by atoms with Crippen LogP contribution in [0.25, 0.3) is 20.7 Å². The van der Waals surface area contributed by atoms with Gasteiger partial charge in [0.15, 0.2) is 0 Å². The van der Waals surface area contributed by atoms with Crippen LogP contribution in [0.4, 0.5) is 0 Å². The molecule has 0 radical (unpaired) electrons. The highest BCUT2D eigenvalue weighted by Crippen LogP contribution is 2.33. The standard InChI is InChI=1S/C18H13N3O2S2/c1-23-13-6-4-12(5-7-13)9-20-21-11-19-17-16(18(21)22)14(10-25-17)15-3-2-8-24-15/h2-11H,1H3/b20-9-. The summed E-state index contributed by atoms with van der Waals surface area (Å²) in [6.07, 6.45) is 3.09. The number of ether oxygens (including phenoxy) is 1. The fraction of sp³-hybridized carbons (Fsp3) is 0.0556. The summed E-state index contributed by atoms with van der Waals surface area (Å²) in [6.45, 7) is 0. The number of thiophene rings is 2. The van der Waals surface area contributed by atoms with Crippen molar-refractivity contribution in [3.05, 3.63) is 69.4 Å². The van der Waals surface area contributed by atoms with Crippen LogP contribution in [0, 0.1) is 0 Å². The van der Waals surface area contributed by atoms with Gasteiger partial charge in [-0.05, 0) is 41.3 Å². The number of benzene rings is 1. The van der Waals surface area contributed by atoms with Crippen molar-refractivity contribution in [2.24, 2.45) is 5.10 Å². The number of hydrogen-bond acceptors (Lipinski definition) is 6. The van der Waals surface area contributed by atoms with E-state index in [-0.39, 0.29) is 5.56 Å². The fourth-order valence-electron chi connectivity index (χ4n) is 2.44. The lowest BCUT2D eigenvalue weighted by Gasteiger charge is -2.01. The van der Waals surface area contributed by atoms with Gasteiger partial charge in [-0.3, -0.25) is 4.79 Å². The Morgan fingerprint density at radius 3 is 2.76 bits per heavy atom. The van der Waals surface area contributed by atoms with Gasteiger partial charge in [-0.1, -0.05) is 6.07 Å². The van der Waals surface area contributed by atoms with Crippen molar-refractivity contribution in [1.29, 1.82) is 0 Å². The summed E-state index contributed by atoms with van der Waals surface area (Å²) in [5, 5.41) is 8.85. The van der Waals surface area contributed by atoms with Crippen molar-refractivity contribution in [3.8, 4) is 16.2 Å². The molecule has 0 aliphatic carbocycles. The van der Waals surface area contributed by atoms with Gasteiger partial charge in [-0.2, -0.15) is 9.78 Å². The maximum Gasteiger partial charge on any atom is 0.283 e. The van der Waals surface area contributed by atoms with Crippen molar-refractivity contribution in [2.45, 2.75) is 0 Å². The molecule has 0 saturated heterocycles. The second-order valence-corrected chi connectivity index (χ2v) is 7.02. The molecule has 0 fully saturated rings. The van der Waals surface area contributed by atoms with Crippen LogP contribution in [0.3, 0.4) is 0 Å². The molecule has 0 bridgehead atoms. The lowest BCUT2D eigenvalue weighted by molar-refractivity contribution is 0.415. The Morgan fingerprint density at radius 2 is 2.04 bits per heavy atom. The highest BCUT2D eigenvalue weighted by Gasteiger charge is 2.13. The third-order valence-corrected chi connectivity index (χ3v) is 5.50. The van der Waals surface area contributed by atoms with Gasteiger partial charge in [-0.15, -0.1) is 22.7 Å². The average molecular weight is 367 g/mol. The zero-order valence-corrected chi connectivity index (χ0v) is 14.9. The minimum Gasteiger partial charge on any atom is -0.497 e. The average Bonchev–Trinajstić information content (AvgIpc) is 3.31. The molecule has 5 nitrogen and oxygen atoms in total. The Balaban J connectivity index is 1.75. The summed E-state index contributed by atoms with van der Waals surface area (Å²) in [6, 6.07) is 11.4. The molecule has 25 heavy (non-hydrogen) atoms. The molecule has 0 aliphatic rings. The van der Waals surface area contributed by atoms with E-state index in [4.69, 9.17) is 4.74 Å². The van der Waals surface area contributed by atoms with Crippen LogP contribution in [0.15, 0.2) is 63.4 Å². The lowest BCUT2D eigenvalue weighted by Crippen LogP contribution is -2.16. The number of rotatable bonds is 4. The molecule has 124 valence electrons. The zero-order valence-electron chi connectivity index (χ0n) is 13.2. The van der Waals surface area contributed by atoms with Crippen LogP contribution in [-0.2, 0) is 0 Å². The molecule has 0 spiro atoms. The van der Waals surface area contributed by atoms with Crippen LogP contribution in [0.5, 0.6) is 5.75 Å². The third kappa shape index (κ3) is 2.99. The summed E-state index contributed by atoms with van der Waals surface area (Å²) in [5.41, 5.74) is 1.62. The third-order valence-electron chi connectivity index (χ3n) is 3.71. The minimum absolute atomic E-state index is 0.167. The van der Waals surface area contributed by atoms with E-state index in [0.29, 0.717) is 5.39 Å². The summed E-state index contributed by atoms with van der Waals surface area (Å²) in [4.78, 5) is 19.0. The number of fused-ring (bicyclic) bond motifs is 1. The van der Waals surface area contributed by atoms with E-state index in [2.05, 4.69) is 10.1 Å². The van der Waals surface area contributed by atoms with Gasteiger partial charge in [0.05, 0.1) is 18.7 Å². The second kappa shape index (κ2) is 6.62. The second-order valence-electron chi connectivity index (χ2n) is 5.22. The number of hydrogen-bond donors (Lipinski definition) is 0. The van der Waals surface area contributed by atoms with Gasteiger partial charge in [0, 0.05) is 15.8 Å². The minimum atomic E-state index is -0.167. The topological polar surface area (TPSA) is 56.5 Å². The molecule has 3 heterocycles. The van der Waals surface area contributed by atoms with Crippen LogP contribution in [0.1, 0.15) is 5.56 Å². The molecule has 7 heteroatoms. The normalized spacial score (nSPS) is 11.4. The molecular weight excluding hydrogens is 354 g/mol. The van der Waals surface area contributed by atoms with E-state index in [0.717, 1.165) is 26.6 Å². The van der Waals surface area contributed by atoms with Crippen LogP contribution >= 0.6 is 22.7 Å². The molecule has 0 unspecified atom stereocenters. The first kappa shape index (κ1) is 15.7. The van der Waals surface area contributed by atoms with E-state index in [1.807, 2.05) is 47.2 Å². The van der Waals surface area contributed by atoms with Crippen molar-refractivity contribution >= 4 is 39.1 Å². The summed E-state index contributed by atoms with van der Waals surface area (Å²) >= 11 is 3.07. The summed E-state index contributed by atoms with van der Waals surface area (Å²) in [5.74, 6) is 0.774. The Bertz CT molecular complexity index is 1090. The Morgan fingerprint density at radius 1 is 1.20 bits per heavy atom. The lowest BCUT2D eigenvalue weighted by atomic mass is 10.2. The maximum atomic E-state index is 12.8. The van der Waals surface area contributed by atoms with Gasteiger partial charge in [0.25, 0.3) is 5.56 Å². The van der Waals surface area contributed by atoms with Crippen LogP contribution in [0.2, 0.25) is 0 Å². The fourth-order valence-corrected chi connectivity index (χ4v) is 4.16. The monoisotopic (exact) mass is 367 g/mol. The highest BCUT2D eigenvalue weighted by molar-refractivity contribution is 7.18. The summed E-state index contributed by atoms with van der Waals surface area (Å²) < 4.78 is 6.41. The molecule has 4 rings (SSSR count). The van der Waals surface area contributed by atoms with E-state index in [1.54, 1.807) is 24.7 Å². The van der Waals surface area contributed by atoms with Gasteiger partial charge in [-0.25, -0.2) is 4.98 Å². The van der Waals surface area contributed by atoms with Gasteiger partial charge in [0.2, 0.25) is 0 Å². The maximum absolute atomic E-state index is 12.8. The molecule has 1 aromatic carbocycles. The summed E-state index contributed by atoms with van der Waals surface area (Å²) in [7, 11) is 1.62. The van der Waals surface area contributed by atoms with Crippen molar-refractivity contribution in [1.82, 2.24) is 9.66 Å². The Labute approximate surface area is 151 Å².